The zero-order valence-corrected chi connectivity index (χ0v) is 20.3. The van der Waals surface area contributed by atoms with Gasteiger partial charge in [-0.25, -0.2) is 0 Å². The molecule has 38 heavy (non-hydrogen) atoms. The molecule has 0 aromatic heterocycles. The van der Waals surface area contributed by atoms with E-state index < -0.39 is 29.5 Å². The molecule has 1 atom stereocenters. The highest BCUT2D eigenvalue weighted by Gasteiger charge is 2.37. The van der Waals surface area contributed by atoms with Crippen molar-refractivity contribution in [3.05, 3.63) is 89.5 Å². The predicted molar refractivity (Wildman–Crippen MR) is 133 cm³/mol. The normalized spacial score (nSPS) is 15.2. The summed E-state index contributed by atoms with van der Waals surface area (Å²) >= 11 is 0. The van der Waals surface area contributed by atoms with Crippen LogP contribution in [0.5, 0.6) is 5.75 Å². The van der Waals surface area contributed by atoms with Crippen molar-refractivity contribution in [2.24, 2.45) is 5.92 Å². The van der Waals surface area contributed by atoms with E-state index in [-0.39, 0.29) is 11.5 Å². The third-order valence-electron chi connectivity index (χ3n) is 6.11. The average Bonchev–Trinajstić information content (AvgIpc) is 3.27. The lowest BCUT2D eigenvalue weighted by atomic mass is 10.1. The first-order valence-electron chi connectivity index (χ1n) is 11.7. The molecule has 3 amide bonds. The number of ether oxygens (including phenoxy) is 1. The molecule has 0 saturated carbocycles. The molecule has 1 aliphatic heterocycles. The second-order valence-corrected chi connectivity index (χ2v) is 8.64. The van der Waals surface area contributed by atoms with Crippen LogP contribution in [0.2, 0.25) is 0 Å². The van der Waals surface area contributed by atoms with Gasteiger partial charge in [0.2, 0.25) is 5.91 Å². The van der Waals surface area contributed by atoms with Gasteiger partial charge in [-0.2, -0.15) is 13.2 Å². The van der Waals surface area contributed by atoms with Gasteiger partial charge in [0.1, 0.15) is 11.7 Å². The monoisotopic (exact) mass is 526 g/mol. The maximum atomic E-state index is 12.8. The minimum Gasteiger partial charge on any atom is -0.497 e. The number of anilines is 2. The first kappa shape index (κ1) is 26.5. The number of halogens is 3. The summed E-state index contributed by atoms with van der Waals surface area (Å²) in [4.78, 5) is 39.8. The van der Waals surface area contributed by atoms with Crippen molar-refractivity contribution in [2.75, 3.05) is 19.0 Å². The number of benzene rings is 3. The van der Waals surface area contributed by atoms with E-state index in [1.807, 2.05) is 12.1 Å². The Morgan fingerprint density at radius 2 is 1.66 bits per heavy atom. The first-order chi connectivity index (χ1) is 18.2. The van der Waals surface area contributed by atoms with Crippen LogP contribution in [0.15, 0.2) is 72.8 Å². The van der Waals surface area contributed by atoms with Crippen molar-refractivity contribution in [3.8, 4) is 5.75 Å². The van der Waals surface area contributed by atoms with Gasteiger partial charge in [-0.1, -0.05) is 24.3 Å². The van der Waals surface area contributed by atoms with Gasteiger partial charge in [-0.3, -0.25) is 25.2 Å². The summed E-state index contributed by atoms with van der Waals surface area (Å²) in [6.07, 6.45) is -4.15. The molecule has 198 valence electrons. The summed E-state index contributed by atoms with van der Waals surface area (Å²) in [5.41, 5.74) is 5.54. The fourth-order valence-corrected chi connectivity index (χ4v) is 4.05. The quantitative estimate of drug-likeness (QED) is 0.316. The largest absolute Gasteiger partial charge is 0.497 e. The summed E-state index contributed by atoms with van der Waals surface area (Å²) in [6, 6.07) is 18.0. The van der Waals surface area contributed by atoms with Crippen LogP contribution in [0.25, 0.3) is 0 Å². The average molecular weight is 527 g/mol. The molecule has 1 aliphatic rings. The number of hydrogen-bond donors (Lipinski definition) is 3. The fraction of sp³-hybridized carbons (Fsp3) is 0.222. The van der Waals surface area contributed by atoms with E-state index in [9.17, 15) is 27.6 Å². The van der Waals surface area contributed by atoms with Crippen LogP contribution in [-0.4, -0.2) is 36.3 Å². The molecular weight excluding hydrogens is 501 g/mol. The summed E-state index contributed by atoms with van der Waals surface area (Å²) in [6.45, 7) is 0.749. The van der Waals surface area contributed by atoms with Crippen molar-refractivity contribution in [1.82, 2.24) is 15.8 Å². The maximum absolute atomic E-state index is 12.8. The molecule has 1 unspecified atom stereocenters. The number of hydrazine groups is 1. The predicted octanol–water partition coefficient (Wildman–Crippen LogP) is 4.27. The topological polar surface area (TPSA) is 99.8 Å². The Balaban J connectivity index is 1.34. The minimum atomic E-state index is -4.46. The van der Waals surface area contributed by atoms with Crippen LogP contribution >= 0.6 is 0 Å². The van der Waals surface area contributed by atoms with Crippen LogP contribution in [0.1, 0.15) is 27.9 Å². The van der Waals surface area contributed by atoms with Crippen LogP contribution < -0.4 is 20.9 Å². The number of carbonyl (C=O) groups is 3. The number of rotatable bonds is 7. The summed E-state index contributed by atoms with van der Waals surface area (Å²) in [5, 5.41) is 2.91. The Kier molecular flexibility index (Phi) is 7.85. The number of nitrogens with one attached hydrogen (secondary N) is 3. The molecule has 11 heteroatoms. The lowest BCUT2D eigenvalue weighted by Crippen LogP contribution is -2.46. The second-order valence-electron chi connectivity index (χ2n) is 8.64. The molecule has 0 bridgehead atoms. The van der Waals surface area contributed by atoms with E-state index in [4.69, 9.17) is 4.74 Å². The third-order valence-corrected chi connectivity index (χ3v) is 6.11. The van der Waals surface area contributed by atoms with Crippen LogP contribution in [0.3, 0.4) is 0 Å². The van der Waals surface area contributed by atoms with Gasteiger partial charge in [-0.15, -0.1) is 0 Å². The molecule has 1 fully saturated rings. The van der Waals surface area contributed by atoms with E-state index in [1.165, 1.54) is 18.2 Å². The number of carbonyl (C=O) groups excluding carboxylic acids is 3. The molecule has 0 spiro atoms. The van der Waals surface area contributed by atoms with E-state index in [0.717, 1.165) is 17.7 Å². The molecule has 3 aromatic carbocycles. The molecule has 8 nitrogen and oxygen atoms in total. The lowest BCUT2D eigenvalue weighted by Gasteiger charge is -2.17. The first-order valence-corrected chi connectivity index (χ1v) is 11.7. The van der Waals surface area contributed by atoms with Crippen molar-refractivity contribution >= 4 is 29.1 Å². The minimum absolute atomic E-state index is 0.145. The molecule has 3 aromatic rings. The number of alkyl halides is 3. The van der Waals surface area contributed by atoms with E-state index in [0.29, 0.717) is 36.6 Å². The molecule has 1 heterocycles. The van der Waals surface area contributed by atoms with E-state index >= 15 is 0 Å². The van der Waals surface area contributed by atoms with Gasteiger partial charge >= 0.3 is 6.18 Å². The van der Waals surface area contributed by atoms with Crippen molar-refractivity contribution in [2.45, 2.75) is 19.1 Å². The Morgan fingerprint density at radius 1 is 0.974 bits per heavy atom. The Morgan fingerprint density at radius 3 is 2.32 bits per heavy atom. The second kappa shape index (κ2) is 11.2. The zero-order chi connectivity index (χ0) is 27.3. The zero-order valence-electron chi connectivity index (χ0n) is 20.3. The molecule has 0 radical (unpaired) electrons. The standard InChI is InChI=1S/C27H25F3N4O4/c1-38-20-12-6-17(7-13-20)16-34-15-14-22(26(34)37)25(36)33-32-24(35)21-4-2-3-5-23(21)31-19-10-8-18(9-11-19)27(28,29)30/h2-13,22,31H,14-16H2,1H3,(H,32,35)(H,33,36). The Hall–Kier alpha value is -4.54. The summed E-state index contributed by atoms with van der Waals surface area (Å²) < 4.78 is 43.6. The summed E-state index contributed by atoms with van der Waals surface area (Å²) in [5.74, 6) is -1.86. The number of amides is 3. The van der Waals surface area contributed by atoms with Gasteiger partial charge in [-0.05, 0) is 60.5 Å². The Labute approximate surface area is 216 Å². The van der Waals surface area contributed by atoms with Crippen LogP contribution in [0, 0.1) is 5.92 Å². The number of likely N-dealkylation sites (tertiary alicyclic amines) is 1. The lowest BCUT2D eigenvalue weighted by molar-refractivity contribution is -0.139. The Bertz CT molecular complexity index is 1310. The van der Waals surface area contributed by atoms with E-state index in [2.05, 4.69) is 16.2 Å². The maximum Gasteiger partial charge on any atom is 0.416 e. The number of hydrogen-bond acceptors (Lipinski definition) is 5. The SMILES string of the molecule is COc1ccc(CN2CCC(C(=O)NNC(=O)c3ccccc3Nc3ccc(C(F)(F)F)cc3)C2=O)cc1. The molecule has 4 rings (SSSR count). The van der Waals surface area contributed by atoms with Gasteiger partial charge < -0.3 is 15.0 Å². The smallest absolute Gasteiger partial charge is 0.416 e. The van der Waals surface area contributed by atoms with Gasteiger partial charge in [0.25, 0.3) is 11.8 Å². The highest BCUT2D eigenvalue weighted by atomic mass is 19.4. The van der Waals surface area contributed by atoms with Gasteiger partial charge in [0, 0.05) is 18.8 Å². The van der Waals surface area contributed by atoms with Gasteiger partial charge in [0.05, 0.1) is 23.9 Å². The fourth-order valence-electron chi connectivity index (χ4n) is 4.05. The molecule has 0 aliphatic carbocycles. The molecule has 3 N–H and O–H groups in total. The third kappa shape index (κ3) is 6.23. The van der Waals surface area contributed by atoms with Crippen molar-refractivity contribution in [1.29, 1.82) is 0 Å². The van der Waals surface area contributed by atoms with Gasteiger partial charge in [0.15, 0.2) is 0 Å². The summed E-state index contributed by atoms with van der Waals surface area (Å²) in [7, 11) is 1.56. The molecule has 1 saturated heterocycles. The van der Waals surface area contributed by atoms with Crippen LogP contribution in [0.4, 0.5) is 24.5 Å². The number of nitrogens with zero attached hydrogens (tertiary/aromatic N) is 1. The van der Waals surface area contributed by atoms with Crippen LogP contribution in [-0.2, 0) is 22.3 Å². The molecular formula is C27H25F3N4O4. The highest BCUT2D eigenvalue weighted by Crippen LogP contribution is 2.31. The number of para-hydroxylation sites is 1. The highest BCUT2D eigenvalue weighted by molar-refractivity contribution is 6.04. The number of methoxy groups -OCH3 is 1. The van der Waals surface area contributed by atoms with Crippen molar-refractivity contribution < 1.29 is 32.3 Å². The van der Waals surface area contributed by atoms with Crippen molar-refractivity contribution in [3.63, 3.8) is 0 Å². The van der Waals surface area contributed by atoms with E-state index in [1.54, 1.807) is 42.3 Å².